The topological polar surface area (TPSA) is 56.7 Å². The van der Waals surface area contributed by atoms with Crippen LogP contribution in [0.15, 0.2) is 11.6 Å². The van der Waals surface area contributed by atoms with Crippen molar-refractivity contribution in [1.82, 2.24) is 14.8 Å². The molecule has 1 aromatic heterocycles. The first-order valence-corrected chi connectivity index (χ1v) is 8.70. The average Bonchev–Trinajstić information content (AvgIpc) is 3.16. The molecule has 2 fully saturated rings. The van der Waals surface area contributed by atoms with Crippen LogP contribution in [0, 0.1) is 0 Å². The van der Waals surface area contributed by atoms with E-state index in [4.69, 9.17) is 0 Å². The first-order chi connectivity index (χ1) is 10.2. The molecule has 2 heterocycles. The summed E-state index contributed by atoms with van der Waals surface area (Å²) in [6.07, 6.45) is 6.07. The van der Waals surface area contributed by atoms with E-state index < -0.39 is 0 Å². The molecule has 1 aliphatic carbocycles. The maximum atomic E-state index is 12.2. The van der Waals surface area contributed by atoms with Crippen LogP contribution in [0.4, 0.5) is 0 Å². The zero-order chi connectivity index (χ0) is 14.7. The summed E-state index contributed by atoms with van der Waals surface area (Å²) in [5.74, 6) is 0.233. The van der Waals surface area contributed by atoms with Crippen LogP contribution in [0.25, 0.3) is 0 Å². The molecule has 3 rings (SSSR count). The van der Waals surface area contributed by atoms with Crippen LogP contribution in [-0.2, 0) is 11.2 Å². The van der Waals surface area contributed by atoms with Crippen molar-refractivity contribution in [3.63, 3.8) is 0 Å². The third-order valence-corrected chi connectivity index (χ3v) is 5.46. The fourth-order valence-electron chi connectivity index (χ4n) is 3.40. The van der Waals surface area contributed by atoms with Gasteiger partial charge in [0.05, 0.1) is 11.1 Å². The second-order valence-electron chi connectivity index (χ2n) is 5.91. The highest BCUT2D eigenvalue weighted by atomic mass is 32.1. The Morgan fingerprint density at radius 3 is 2.76 bits per heavy atom. The molecule has 1 saturated carbocycles. The van der Waals surface area contributed by atoms with Gasteiger partial charge in [0.25, 0.3) is 0 Å². The number of piperazine rings is 1. The second kappa shape index (κ2) is 6.85. The van der Waals surface area contributed by atoms with Crippen LogP contribution in [0.2, 0.25) is 0 Å². The number of amides is 1. The highest BCUT2D eigenvalue weighted by Gasteiger charge is 2.33. The number of hydrogen-bond donors (Lipinski definition) is 1. The summed E-state index contributed by atoms with van der Waals surface area (Å²) in [4.78, 5) is 20.8. The van der Waals surface area contributed by atoms with Crippen LogP contribution in [0.3, 0.4) is 0 Å². The number of carbonyl (C=O) groups is 1. The smallest absolute Gasteiger partial charge is 0.223 e. The minimum absolute atomic E-state index is 0.169. The first kappa shape index (κ1) is 14.9. The van der Waals surface area contributed by atoms with Crippen LogP contribution in [0.5, 0.6) is 0 Å². The highest BCUT2D eigenvalue weighted by molar-refractivity contribution is 7.09. The second-order valence-corrected chi connectivity index (χ2v) is 6.89. The van der Waals surface area contributed by atoms with Crippen LogP contribution in [0.1, 0.15) is 30.7 Å². The number of thiazole rings is 1. The Hall–Kier alpha value is -0.980. The lowest BCUT2D eigenvalue weighted by atomic mass is 10.1. The summed E-state index contributed by atoms with van der Waals surface area (Å²) in [6, 6.07) is 0.317. The van der Waals surface area contributed by atoms with Crippen molar-refractivity contribution in [3.05, 3.63) is 16.6 Å². The Bertz CT molecular complexity index is 457. The Morgan fingerprint density at radius 1 is 1.33 bits per heavy atom. The number of aliphatic hydroxyl groups is 1. The third-order valence-electron chi connectivity index (χ3n) is 4.62. The summed E-state index contributed by atoms with van der Waals surface area (Å²) in [5.41, 5.74) is 0. The number of rotatable bonds is 4. The molecule has 1 N–H and O–H groups in total. The van der Waals surface area contributed by atoms with Crippen molar-refractivity contribution < 1.29 is 9.90 Å². The Labute approximate surface area is 129 Å². The van der Waals surface area contributed by atoms with Gasteiger partial charge in [-0.15, -0.1) is 11.3 Å². The van der Waals surface area contributed by atoms with E-state index in [0.29, 0.717) is 12.5 Å². The number of aryl methyl sites for hydroxylation is 1. The monoisotopic (exact) mass is 309 g/mol. The first-order valence-electron chi connectivity index (χ1n) is 7.82. The third kappa shape index (κ3) is 3.62. The van der Waals surface area contributed by atoms with Crippen LogP contribution < -0.4 is 0 Å². The largest absolute Gasteiger partial charge is 0.391 e. The maximum Gasteiger partial charge on any atom is 0.223 e. The molecule has 0 aromatic carbocycles. The molecule has 2 atom stereocenters. The summed E-state index contributed by atoms with van der Waals surface area (Å²) >= 11 is 1.61. The lowest BCUT2D eigenvalue weighted by Gasteiger charge is -2.39. The standard InChI is InChI=1S/C15H23N3O2S/c19-13-3-1-2-12(13)17-7-9-18(10-8-17)15(20)5-4-14-16-6-11-21-14/h6,11-13,19H,1-5,7-10H2/t12-,13-/m0/s1. The zero-order valence-electron chi connectivity index (χ0n) is 12.3. The SMILES string of the molecule is O=C(CCc1nccs1)N1CCN([C@H]2CCC[C@@H]2O)CC1. The predicted octanol–water partition coefficient (Wildman–Crippen LogP) is 1.13. The van der Waals surface area contributed by atoms with Gasteiger partial charge in [-0.2, -0.15) is 0 Å². The Balaban J connectivity index is 1.43. The van der Waals surface area contributed by atoms with E-state index in [1.165, 1.54) is 0 Å². The molecular formula is C15H23N3O2S. The molecular weight excluding hydrogens is 286 g/mol. The van der Waals surface area contributed by atoms with E-state index in [1.807, 2.05) is 10.3 Å². The fourth-order valence-corrected chi connectivity index (χ4v) is 4.02. The minimum Gasteiger partial charge on any atom is -0.391 e. The van der Waals surface area contributed by atoms with E-state index in [0.717, 1.165) is 56.9 Å². The van der Waals surface area contributed by atoms with Crippen molar-refractivity contribution in [2.24, 2.45) is 0 Å². The van der Waals surface area contributed by atoms with E-state index in [2.05, 4.69) is 9.88 Å². The van der Waals surface area contributed by atoms with Gasteiger partial charge < -0.3 is 10.0 Å². The molecule has 1 aliphatic heterocycles. The van der Waals surface area contributed by atoms with Crippen molar-refractivity contribution >= 4 is 17.2 Å². The lowest BCUT2D eigenvalue weighted by molar-refractivity contribution is -0.133. The molecule has 21 heavy (non-hydrogen) atoms. The number of nitrogens with zero attached hydrogens (tertiary/aromatic N) is 3. The van der Waals surface area contributed by atoms with E-state index >= 15 is 0 Å². The average molecular weight is 309 g/mol. The molecule has 1 saturated heterocycles. The van der Waals surface area contributed by atoms with Crippen molar-refractivity contribution in [1.29, 1.82) is 0 Å². The summed E-state index contributed by atoms with van der Waals surface area (Å²) in [5, 5.41) is 13.0. The quantitative estimate of drug-likeness (QED) is 0.906. The van der Waals surface area contributed by atoms with Gasteiger partial charge in [-0.05, 0) is 19.3 Å². The van der Waals surface area contributed by atoms with Gasteiger partial charge in [0, 0.05) is 56.6 Å². The van der Waals surface area contributed by atoms with E-state index in [9.17, 15) is 9.90 Å². The summed E-state index contributed by atoms with van der Waals surface area (Å²) in [6.45, 7) is 3.37. The molecule has 6 heteroatoms. The number of aliphatic hydroxyl groups excluding tert-OH is 1. The number of hydrogen-bond acceptors (Lipinski definition) is 5. The van der Waals surface area contributed by atoms with Crippen molar-refractivity contribution in [3.8, 4) is 0 Å². The molecule has 116 valence electrons. The van der Waals surface area contributed by atoms with Gasteiger partial charge in [0.2, 0.25) is 5.91 Å². The lowest BCUT2D eigenvalue weighted by Crippen LogP contribution is -2.53. The molecule has 2 aliphatic rings. The molecule has 1 amide bonds. The minimum atomic E-state index is -0.169. The van der Waals surface area contributed by atoms with E-state index in [1.54, 1.807) is 17.5 Å². The Kier molecular flexibility index (Phi) is 4.87. The van der Waals surface area contributed by atoms with Crippen molar-refractivity contribution in [2.75, 3.05) is 26.2 Å². The maximum absolute atomic E-state index is 12.2. The number of aromatic nitrogens is 1. The zero-order valence-corrected chi connectivity index (χ0v) is 13.1. The molecule has 0 radical (unpaired) electrons. The van der Waals surface area contributed by atoms with Gasteiger partial charge in [-0.1, -0.05) is 0 Å². The molecule has 0 spiro atoms. The van der Waals surface area contributed by atoms with Crippen LogP contribution in [-0.4, -0.2) is 64.1 Å². The Morgan fingerprint density at radius 2 is 2.14 bits per heavy atom. The fraction of sp³-hybridized carbons (Fsp3) is 0.733. The molecule has 5 nitrogen and oxygen atoms in total. The summed E-state index contributed by atoms with van der Waals surface area (Å²) < 4.78 is 0. The molecule has 0 unspecified atom stereocenters. The van der Waals surface area contributed by atoms with Crippen molar-refractivity contribution in [2.45, 2.75) is 44.2 Å². The molecule has 1 aromatic rings. The van der Waals surface area contributed by atoms with Gasteiger partial charge >= 0.3 is 0 Å². The molecule has 0 bridgehead atoms. The highest BCUT2D eigenvalue weighted by Crippen LogP contribution is 2.25. The predicted molar refractivity (Wildman–Crippen MR) is 82.2 cm³/mol. The van der Waals surface area contributed by atoms with Gasteiger partial charge in [0.15, 0.2) is 0 Å². The van der Waals surface area contributed by atoms with Crippen LogP contribution >= 0.6 is 11.3 Å². The van der Waals surface area contributed by atoms with Gasteiger partial charge in [-0.25, -0.2) is 4.98 Å². The van der Waals surface area contributed by atoms with Gasteiger partial charge in [0.1, 0.15) is 0 Å². The van der Waals surface area contributed by atoms with Gasteiger partial charge in [-0.3, -0.25) is 9.69 Å². The number of carbonyl (C=O) groups excluding carboxylic acids is 1. The normalized spacial score (nSPS) is 27.2. The van der Waals surface area contributed by atoms with E-state index in [-0.39, 0.29) is 12.0 Å². The summed E-state index contributed by atoms with van der Waals surface area (Å²) in [7, 11) is 0.